The monoisotopic (exact) mass is 331 g/mol. The first-order valence-electron chi connectivity index (χ1n) is 9.01. The Hall–Kier alpha value is -1.66. The maximum atomic E-state index is 9.35. The van der Waals surface area contributed by atoms with E-state index in [4.69, 9.17) is 4.98 Å². The lowest BCUT2D eigenvalue weighted by molar-refractivity contribution is 0.123. The Balaban J connectivity index is 1.68. The second-order valence-electron chi connectivity index (χ2n) is 7.19. The van der Waals surface area contributed by atoms with Crippen LogP contribution in [0.15, 0.2) is 12.1 Å². The van der Waals surface area contributed by atoms with Gasteiger partial charge in [0.25, 0.3) is 0 Å². The summed E-state index contributed by atoms with van der Waals surface area (Å²) in [5, 5.41) is 17.4. The molecule has 1 saturated heterocycles. The summed E-state index contributed by atoms with van der Waals surface area (Å²) in [7, 11) is 0. The second-order valence-corrected chi connectivity index (χ2v) is 7.19. The highest BCUT2D eigenvalue weighted by atomic mass is 16.3. The van der Waals surface area contributed by atoms with E-state index < -0.39 is 0 Å². The van der Waals surface area contributed by atoms with Crippen LogP contribution >= 0.6 is 0 Å². The Labute approximate surface area is 143 Å². The second kappa shape index (κ2) is 7.49. The Morgan fingerprint density at radius 2 is 2.21 bits per heavy atom. The molecule has 1 aliphatic rings. The maximum absolute atomic E-state index is 9.35. The van der Waals surface area contributed by atoms with E-state index in [1.165, 1.54) is 6.42 Å². The lowest BCUT2D eigenvalue weighted by atomic mass is 9.99. The van der Waals surface area contributed by atoms with Gasteiger partial charge in [0.05, 0.1) is 5.69 Å². The molecule has 2 aromatic rings. The summed E-state index contributed by atoms with van der Waals surface area (Å²) in [6, 6.07) is 4.13. The van der Waals surface area contributed by atoms with Gasteiger partial charge in [-0.05, 0) is 38.1 Å². The Morgan fingerprint density at radius 3 is 2.96 bits per heavy atom. The number of aromatic nitrogens is 3. The zero-order valence-corrected chi connectivity index (χ0v) is 15.0. The molecule has 2 aromatic heterocycles. The van der Waals surface area contributed by atoms with Crippen LogP contribution in [-0.4, -0.2) is 57.4 Å². The number of anilines is 1. The predicted molar refractivity (Wildman–Crippen MR) is 96.6 cm³/mol. The minimum atomic E-state index is 0.305. The van der Waals surface area contributed by atoms with Gasteiger partial charge in [-0.25, -0.2) is 4.98 Å². The third-order valence-electron chi connectivity index (χ3n) is 4.76. The number of fused-ring (bicyclic) bond motifs is 1. The van der Waals surface area contributed by atoms with Crippen molar-refractivity contribution in [2.45, 2.75) is 39.5 Å². The molecular formula is C18H29N5O. The van der Waals surface area contributed by atoms with Gasteiger partial charge in [-0.1, -0.05) is 13.8 Å². The van der Waals surface area contributed by atoms with Gasteiger partial charge in [-0.3, -0.25) is 0 Å². The van der Waals surface area contributed by atoms with E-state index in [2.05, 4.69) is 35.2 Å². The highest BCUT2D eigenvalue weighted by Crippen LogP contribution is 2.20. The molecule has 6 heteroatoms. The molecule has 0 spiro atoms. The van der Waals surface area contributed by atoms with Crippen molar-refractivity contribution in [2.24, 2.45) is 5.92 Å². The highest BCUT2D eigenvalue weighted by molar-refractivity contribution is 5.50. The summed E-state index contributed by atoms with van der Waals surface area (Å²) in [6.07, 6.45) is 2.33. The number of aliphatic hydroxyl groups excluding tert-OH is 1. The van der Waals surface area contributed by atoms with E-state index >= 15 is 0 Å². The molecule has 6 nitrogen and oxygen atoms in total. The van der Waals surface area contributed by atoms with Crippen LogP contribution in [0.1, 0.15) is 44.0 Å². The van der Waals surface area contributed by atoms with E-state index in [0.717, 1.165) is 55.5 Å². The fourth-order valence-corrected chi connectivity index (χ4v) is 3.38. The first kappa shape index (κ1) is 17.2. The van der Waals surface area contributed by atoms with Crippen LogP contribution < -0.4 is 5.32 Å². The number of hydrogen-bond acceptors (Lipinski definition) is 5. The first-order chi connectivity index (χ1) is 11.6. The van der Waals surface area contributed by atoms with E-state index in [1.807, 2.05) is 17.5 Å². The number of likely N-dealkylation sites (tertiary alicyclic amines) is 1. The molecule has 0 aliphatic carbocycles. The van der Waals surface area contributed by atoms with Gasteiger partial charge in [0.1, 0.15) is 5.82 Å². The van der Waals surface area contributed by atoms with Crippen molar-refractivity contribution in [1.82, 2.24) is 19.5 Å². The van der Waals surface area contributed by atoms with Crippen molar-refractivity contribution >= 4 is 11.5 Å². The molecular weight excluding hydrogens is 302 g/mol. The van der Waals surface area contributed by atoms with Gasteiger partial charge in [0.2, 0.25) is 0 Å². The number of nitrogens with zero attached hydrogens (tertiary/aromatic N) is 4. The minimum Gasteiger partial charge on any atom is -0.396 e. The van der Waals surface area contributed by atoms with Crippen LogP contribution in [0, 0.1) is 12.8 Å². The SMILES string of the molecule is Cc1cc2nc(C(C)C)cc(NCCN3CCCC(CO)C3)n2n1. The average Bonchev–Trinajstić information content (AvgIpc) is 2.95. The van der Waals surface area contributed by atoms with Crippen molar-refractivity contribution < 1.29 is 5.11 Å². The van der Waals surface area contributed by atoms with Crippen molar-refractivity contribution in [2.75, 3.05) is 38.1 Å². The summed E-state index contributed by atoms with van der Waals surface area (Å²) < 4.78 is 1.90. The predicted octanol–water partition coefficient (Wildman–Crippen LogP) is 2.28. The summed E-state index contributed by atoms with van der Waals surface area (Å²) in [4.78, 5) is 7.14. The highest BCUT2D eigenvalue weighted by Gasteiger charge is 2.18. The standard InChI is InChI=1S/C18H29N5O/c1-13(2)16-10-17(23-18(20-16)9-14(3)21-23)19-6-8-22-7-4-5-15(11-22)12-24/h9-10,13,15,19,24H,4-8,11-12H2,1-3H3. The van der Waals surface area contributed by atoms with E-state index in [1.54, 1.807) is 0 Å². The molecule has 1 aliphatic heterocycles. The van der Waals surface area contributed by atoms with E-state index in [0.29, 0.717) is 18.4 Å². The molecule has 0 bridgehead atoms. The third-order valence-corrected chi connectivity index (χ3v) is 4.76. The molecule has 2 N–H and O–H groups in total. The van der Waals surface area contributed by atoms with Crippen LogP contribution in [-0.2, 0) is 0 Å². The smallest absolute Gasteiger partial charge is 0.157 e. The molecule has 3 heterocycles. The number of piperidine rings is 1. The topological polar surface area (TPSA) is 65.7 Å². The lowest BCUT2D eigenvalue weighted by Gasteiger charge is -2.31. The molecule has 1 unspecified atom stereocenters. The van der Waals surface area contributed by atoms with Crippen molar-refractivity contribution in [3.8, 4) is 0 Å². The lowest BCUT2D eigenvalue weighted by Crippen LogP contribution is -2.39. The average molecular weight is 331 g/mol. The van der Waals surface area contributed by atoms with Crippen LogP contribution in [0.2, 0.25) is 0 Å². The summed E-state index contributed by atoms with van der Waals surface area (Å²) >= 11 is 0. The van der Waals surface area contributed by atoms with Crippen molar-refractivity contribution in [3.05, 3.63) is 23.5 Å². The number of aryl methyl sites for hydroxylation is 1. The molecule has 0 radical (unpaired) electrons. The van der Waals surface area contributed by atoms with Gasteiger partial charge >= 0.3 is 0 Å². The zero-order valence-electron chi connectivity index (χ0n) is 15.0. The van der Waals surface area contributed by atoms with Crippen LogP contribution in [0.25, 0.3) is 5.65 Å². The molecule has 0 aromatic carbocycles. The van der Waals surface area contributed by atoms with E-state index in [9.17, 15) is 5.11 Å². The van der Waals surface area contributed by atoms with Gasteiger partial charge in [-0.2, -0.15) is 9.61 Å². The molecule has 24 heavy (non-hydrogen) atoms. The quantitative estimate of drug-likeness (QED) is 0.850. The van der Waals surface area contributed by atoms with Crippen molar-refractivity contribution in [1.29, 1.82) is 0 Å². The fraction of sp³-hybridized carbons (Fsp3) is 0.667. The Bertz CT molecular complexity index is 681. The number of nitrogens with one attached hydrogen (secondary N) is 1. The van der Waals surface area contributed by atoms with Crippen LogP contribution in [0.3, 0.4) is 0 Å². The first-order valence-corrected chi connectivity index (χ1v) is 9.01. The summed E-state index contributed by atoms with van der Waals surface area (Å²) in [5.41, 5.74) is 2.97. The summed E-state index contributed by atoms with van der Waals surface area (Å²) in [5.74, 6) is 1.83. The molecule has 0 amide bonds. The van der Waals surface area contributed by atoms with Gasteiger partial charge < -0.3 is 15.3 Å². The van der Waals surface area contributed by atoms with E-state index in [-0.39, 0.29) is 0 Å². The summed E-state index contributed by atoms with van der Waals surface area (Å²) in [6.45, 7) is 10.6. The third kappa shape index (κ3) is 3.87. The molecule has 1 atom stereocenters. The zero-order chi connectivity index (χ0) is 17.1. The number of hydrogen-bond donors (Lipinski definition) is 2. The molecule has 1 fully saturated rings. The molecule has 3 rings (SSSR count). The largest absolute Gasteiger partial charge is 0.396 e. The maximum Gasteiger partial charge on any atom is 0.157 e. The Kier molecular flexibility index (Phi) is 5.36. The van der Waals surface area contributed by atoms with Crippen LogP contribution in [0.5, 0.6) is 0 Å². The van der Waals surface area contributed by atoms with Gasteiger partial charge in [0.15, 0.2) is 5.65 Å². The Morgan fingerprint density at radius 1 is 1.38 bits per heavy atom. The molecule has 132 valence electrons. The fourth-order valence-electron chi connectivity index (χ4n) is 3.38. The van der Waals surface area contributed by atoms with Gasteiger partial charge in [-0.15, -0.1) is 0 Å². The normalized spacial score (nSPS) is 19.3. The molecule has 0 saturated carbocycles. The van der Waals surface area contributed by atoms with Gasteiger partial charge in [0, 0.05) is 44.1 Å². The number of aliphatic hydroxyl groups is 1. The van der Waals surface area contributed by atoms with Crippen molar-refractivity contribution in [3.63, 3.8) is 0 Å². The van der Waals surface area contributed by atoms with Crippen LogP contribution in [0.4, 0.5) is 5.82 Å². The minimum absolute atomic E-state index is 0.305. The number of rotatable bonds is 6.